The molecule has 0 radical (unpaired) electrons. The molecule has 0 aliphatic carbocycles. The normalized spacial score (nSPS) is 12.5. The quantitative estimate of drug-likeness (QED) is 0.794. The molecule has 1 aromatic heterocycles. The predicted octanol–water partition coefficient (Wildman–Crippen LogP) is 3.79. The molecule has 0 bridgehead atoms. The van der Waals surface area contributed by atoms with Gasteiger partial charge in [-0.15, -0.1) is 0 Å². The Morgan fingerprint density at radius 1 is 1.05 bits per heavy atom. The van der Waals surface area contributed by atoms with Gasteiger partial charge in [-0.2, -0.15) is 0 Å². The summed E-state index contributed by atoms with van der Waals surface area (Å²) < 4.78 is 26.9. The van der Waals surface area contributed by atoms with E-state index in [9.17, 15) is 13.9 Å². The minimum absolute atomic E-state index is 0.000713. The third kappa shape index (κ3) is 2.76. The molecule has 3 rings (SSSR count). The zero-order valence-electron chi connectivity index (χ0n) is 11.1. The fraction of sp³-hybridized carbons (Fsp3) is 0.118. The molecule has 3 aromatic rings. The van der Waals surface area contributed by atoms with Crippen molar-refractivity contribution in [2.24, 2.45) is 0 Å². The van der Waals surface area contributed by atoms with Crippen LogP contribution in [0.15, 0.2) is 54.7 Å². The predicted molar refractivity (Wildman–Crippen MR) is 76.8 cm³/mol. The maximum absolute atomic E-state index is 13.7. The summed E-state index contributed by atoms with van der Waals surface area (Å²) in [5.74, 6) is -1.04. The van der Waals surface area contributed by atoms with E-state index in [1.165, 1.54) is 0 Å². The summed E-state index contributed by atoms with van der Waals surface area (Å²) in [7, 11) is 0. The summed E-state index contributed by atoms with van der Waals surface area (Å²) in [5, 5.41) is 11.3. The second-order valence-corrected chi connectivity index (χ2v) is 4.88. The number of hydrogen-bond donors (Lipinski definition) is 1. The summed E-state index contributed by atoms with van der Waals surface area (Å²) in [6.45, 7) is 0. The van der Waals surface area contributed by atoms with E-state index in [1.807, 2.05) is 24.3 Å². The molecule has 1 N–H and O–H groups in total. The first kappa shape index (κ1) is 13.6. The van der Waals surface area contributed by atoms with Gasteiger partial charge in [-0.05, 0) is 29.8 Å². The van der Waals surface area contributed by atoms with Gasteiger partial charge in [0.15, 0.2) is 0 Å². The van der Waals surface area contributed by atoms with Gasteiger partial charge in [-0.1, -0.05) is 24.3 Å². The maximum atomic E-state index is 13.7. The molecule has 106 valence electrons. The van der Waals surface area contributed by atoms with Crippen LogP contribution in [0.5, 0.6) is 0 Å². The number of hydrogen-bond acceptors (Lipinski definition) is 2. The van der Waals surface area contributed by atoms with E-state index in [1.54, 1.807) is 12.3 Å². The number of aliphatic hydroxyl groups excluding tert-OH is 1. The first-order valence-corrected chi connectivity index (χ1v) is 6.61. The second kappa shape index (κ2) is 5.58. The molecule has 1 heterocycles. The van der Waals surface area contributed by atoms with Crippen molar-refractivity contribution in [3.8, 4) is 0 Å². The highest BCUT2D eigenvalue weighted by atomic mass is 19.1. The molecule has 0 amide bonds. The van der Waals surface area contributed by atoms with Crippen molar-refractivity contribution < 1.29 is 13.9 Å². The smallest absolute Gasteiger partial charge is 0.126 e. The third-order valence-electron chi connectivity index (χ3n) is 3.44. The summed E-state index contributed by atoms with van der Waals surface area (Å²) in [6, 6.07) is 12.4. The van der Waals surface area contributed by atoms with E-state index < -0.39 is 17.7 Å². The van der Waals surface area contributed by atoms with Crippen LogP contribution in [0.1, 0.15) is 17.2 Å². The summed E-state index contributed by atoms with van der Waals surface area (Å²) in [5.41, 5.74) is 1.43. The van der Waals surface area contributed by atoms with Gasteiger partial charge < -0.3 is 5.11 Å². The van der Waals surface area contributed by atoms with Gasteiger partial charge in [0, 0.05) is 23.6 Å². The molecule has 0 spiro atoms. The Labute approximate surface area is 120 Å². The lowest BCUT2D eigenvalue weighted by atomic mass is 9.98. The second-order valence-electron chi connectivity index (χ2n) is 4.88. The zero-order valence-corrected chi connectivity index (χ0v) is 11.1. The highest BCUT2D eigenvalue weighted by Crippen LogP contribution is 2.26. The first-order valence-electron chi connectivity index (χ1n) is 6.61. The van der Waals surface area contributed by atoms with E-state index in [2.05, 4.69) is 4.98 Å². The summed E-state index contributed by atoms with van der Waals surface area (Å²) >= 11 is 0. The minimum atomic E-state index is -0.945. The van der Waals surface area contributed by atoms with Crippen molar-refractivity contribution in [3.63, 3.8) is 0 Å². The highest BCUT2D eigenvalue weighted by Gasteiger charge is 2.15. The number of aliphatic hydroxyl groups is 1. The van der Waals surface area contributed by atoms with Crippen LogP contribution in [-0.4, -0.2) is 10.1 Å². The molecular formula is C17H13F2NO. The highest BCUT2D eigenvalue weighted by molar-refractivity contribution is 5.81. The molecule has 1 atom stereocenters. The lowest BCUT2D eigenvalue weighted by Gasteiger charge is -2.13. The van der Waals surface area contributed by atoms with E-state index in [0.29, 0.717) is 11.1 Å². The Bertz CT molecular complexity index is 783. The van der Waals surface area contributed by atoms with Gasteiger partial charge in [0.25, 0.3) is 0 Å². The fourth-order valence-electron chi connectivity index (χ4n) is 2.41. The van der Waals surface area contributed by atoms with Gasteiger partial charge in [0.1, 0.15) is 11.6 Å². The Morgan fingerprint density at radius 2 is 1.86 bits per heavy atom. The van der Waals surface area contributed by atoms with Crippen molar-refractivity contribution in [2.75, 3.05) is 0 Å². The van der Waals surface area contributed by atoms with Crippen LogP contribution in [0, 0.1) is 11.6 Å². The van der Waals surface area contributed by atoms with Gasteiger partial charge >= 0.3 is 0 Å². The summed E-state index contributed by atoms with van der Waals surface area (Å²) in [4.78, 5) is 4.26. The Balaban J connectivity index is 1.97. The van der Waals surface area contributed by atoms with Crippen LogP contribution in [0.3, 0.4) is 0 Å². The van der Waals surface area contributed by atoms with Crippen molar-refractivity contribution in [2.45, 2.75) is 12.5 Å². The SMILES string of the molecule is OC(Cc1cc(F)ccc1F)c1cccc2cccnc12. The number of para-hydroxylation sites is 1. The molecular weight excluding hydrogens is 272 g/mol. The number of fused-ring (bicyclic) bond motifs is 1. The Hall–Kier alpha value is -2.33. The number of benzene rings is 2. The van der Waals surface area contributed by atoms with E-state index >= 15 is 0 Å². The molecule has 0 fully saturated rings. The molecule has 2 aromatic carbocycles. The fourth-order valence-corrected chi connectivity index (χ4v) is 2.41. The van der Waals surface area contributed by atoms with Crippen molar-refractivity contribution in [1.82, 2.24) is 4.98 Å². The molecule has 2 nitrogen and oxygen atoms in total. The van der Waals surface area contributed by atoms with Crippen LogP contribution in [-0.2, 0) is 6.42 Å². The van der Waals surface area contributed by atoms with Crippen LogP contribution >= 0.6 is 0 Å². The average molecular weight is 285 g/mol. The van der Waals surface area contributed by atoms with E-state index in [0.717, 1.165) is 23.6 Å². The van der Waals surface area contributed by atoms with Gasteiger partial charge in [0.2, 0.25) is 0 Å². The lowest BCUT2D eigenvalue weighted by Crippen LogP contribution is -2.05. The van der Waals surface area contributed by atoms with E-state index in [4.69, 9.17) is 0 Å². The third-order valence-corrected chi connectivity index (χ3v) is 3.44. The zero-order chi connectivity index (χ0) is 14.8. The maximum Gasteiger partial charge on any atom is 0.126 e. The molecule has 1 unspecified atom stereocenters. The lowest BCUT2D eigenvalue weighted by molar-refractivity contribution is 0.178. The summed E-state index contributed by atoms with van der Waals surface area (Å²) in [6.07, 6.45) is 0.695. The van der Waals surface area contributed by atoms with Gasteiger partial charge in [-0.3, -0.25) is 4.98 Å². The van der Waals surface area contributed by atoms with Crippen molar-refractivity contribution in [1.29, 1.82) is 0 Å². The Kier molecular flexibility index (Phi) is 3.62. The monoisotopic (exact) mass is 285 g/mol. The van der Waals surface area contributed by atoms with E-state index in [-0.39, 0.29) is 12.0 Å². The molecule has 0 aliphatic rings. The number of aromatic nitrogens is 1. The topological polar surface area (TPSA) is 33.1 Å². The molecule has 4 heteroatoms. The van der Waals surface area contributed by atoms with Gasteiger partial charge in [0.05, 0.1) is 11.6 Å². The van der Waals surface area contributed by atoms with Crippen LogP contribution in [0.2, 0.25) is 0 Å². The van der Waals surface area contributed by atoms with Crippen LogP contribution < -0.4 is 0 Å². The van der Waals surface area contributed by atoms with Crippen molar-refractivity contribution in [3.05, 3.63) is 77.5 Å². The van der Waals surface area contributed by atoms with Crippen LogP contribution in [0.25, 0.3) is 10.9 Å². The molecule has 21 heavy (non-hydrogen) atoms. The minimum Gasteiger partial charge on any atom is -0.388 e. The largest absolute Gasteiger partial charge is 0.388 e. The average Bonchev–Trinajstić information content (AvgIpc) is 2.50. The molecule has 0 aliphatic heterocycles. The van der Waals surface area contributed by atoms with Crippen LogP contribution in [0.4, 0.5) is 8.78 Å². The first-order chi connectivity index (χ1) is 10.1. The molecule has 0 saturated heterocycles. The standard InChI is InChI=1S/C17H13F2NO/c18-13-6-7-15(19)12(9-13)10-16(21)14-5-1-3-11-4-2-8-20-17(11)14/h1-9,16,21H,10H2. The Morgan fingerprint density at radius 3 is 2.71 bits per heavy atom. The molecule has 0 saturated carbocycles. The number of pyridine rings is 1. The number of nitrogens with zero attached hydrogens (tertiary/aromatic N) is 1. The number of halogens is 2. The van der Waals surface area contributed by atoms with Gasteiger partial charge in [-0.25, -0.2) is 8.78 Å². The van der Waals surface area contributed by atoms with Crippen molar-refractivity contribution >= 4 is 10.9 Å². The number of rotatable bonds is 3.